The number of esters is 1. The SMILES string of the molecule is CCOC(=O)CCc1c(/C=C/c2ccc(OC)c(OC)c2)noc1/C=C/c1ccc(OC)c(OC)c1. The van der Waals surface area contributed by atoms with Crippen LogP contribution < -0.4 is 18.9 Å². The molecule has 2 aromatic carbocycles. The first-order chi connectivity index (χ1) is 17.5. The number of hydrogen-bond acceptors (Lipinski definition) is 8. The number of rotatable bonds is 12. The van der Waals surface area contributed by atoms with E-state index in [1.165, 1.54) is 0 Å². The van der Waals surface area contributed by atoms with Gasteiger partial charge in [0.1, 0.15) is 5.69 Å². The van der Waals surface area contributed by atoms with Crippen molar-refractivity contribution < 1.29 is 33.0 Å². The molecule has 0 atom stereocenters. The average Bonchev–Trinajstić information content (AvgIpc) is 3.30. The third-order valence-corrected chi connectivity index (χ3v) is 5.41. The maximum absolute atomic E-state index is 12.0. The van der Waals surface area contributed by atoms with Crippen LogP contribution in [0.1, 0.15) is 41.5 Å². The van der Waals surface area contributed by atoms with Gasteiger partial charge in [-0.2, -0.15) is 0 Å². The summed E-state index contributed by atoms with van der Waals surface area (Å²) in [6, 6.07) is 11.2. The van der Waals surface area contributed by atoms with Crippen LogP contribution in [0.15, 0.2) is 40.9 Å². The zero-order chi connectivity index (χ0) is 25.9. The second-order valence-corrected chi connectivity index (χ2v) is 7.61. The fourth-order valence-corrected chi connectivity index (χ4v) is 3.57. The largest absolute Gasteiger partial charge is 0.493 e. The van der Waals surface area contributed by atoms with E-state index in [2.05, 4.69) is 5.16 Å². The van der Waals surface area contributed by atoms with E-state index >= 15 is 0 Å². The second kappa shape index (κ2) is 13.0. The van der Waals surface area contributed by atoms with Crippen molar-refractivity contribution in [3.63, 3.8) is 0 Å². The van der Waals surface area contributed by atoms with Crippen LogP contribution >= 0.6 is 0 Å². The van der Waals surface area contributed by atoms with Gasteiger partial charge in [-0.05, 0) is 60.9 Å². The molecule has 0 fully saturated rings. The van der Waals surface area contributed by atoms with Gasteiger partial charge in [0.25, 0.3) is 0 Å². The molecule has 36 heavy (non-hydrogen) atoms. The Morgan fingerprint density at radius 3 is 1.89 bits per heavy atom. The lowest BCUT2D eigenvalue weighted by Gasteiger charge is -2.07. The van der Waals surface area contributed by atoms with Crippen molar-refractivity contribution in [1.29, 1.82) is 0 Å². The highest BCUT2D eigenvalue weighted by molar-refractivity contribution is 5.76. The first-order valence-corrected chi connectivity index (χ1v) is 11.5. The first-order valence-electron chi connectivity index (χ1n) is 11.5. The summed E-state index contributed by atoms with van der Waals surface area (Å²) in [6.07, 6.45) is 8.08. The molecule has 8 nitrogen and oxygen atoms in total. The smallest absolute Gasteiger partial charge is 0.306 e. The van der Waals surface area contributed by atoms with Gasteiger partial charge in [0.05, 0.1) is 35.0 Å². The summed E-state index contributed by atoms with van der Waals surface area (Å²) in [5.74, 6) is 2.82. The second-order valence-electron chi connectivity index (χ2n) is 7.61. The van der Waals surface area contributed by atoms with Crippen LogP contribution in [0, 0.1) is 0 Å². The van der Waals surface area contributed by atoms with Gasteiger partial charge in [-0.25, -0.2) is 0 Å². The molecule has 0 saturated carbocycles. The minimum Gasteiger partial charge on any atom is -0.493 e. The van der Waals surface area contributed by atoms with E-state index in [1.807, 2.05) is 60.7 Å². The maximum Gasteiger partial charge on any atom is 0.306 e. The van der Waals surface area contributed by atoms with E-state index in [0.717, 1.165) is 16.7 Å². The van der Waals surface area contributed by atoms with E-state index in [9.17, 15) is 4.79 Å². The third kappa shape index (κ3) is 6.69. The number of nitrogens with zero attached hydrogens (tertiary/aromatic N) is 1. The highest BCUT2D eigenvalue weighted by Crippen LogP contribution is 2.30. The van der Waals surface area contributed by atoms with E-state index in [0.29, 0.717) is 47.5 Å². The molecule has 0 amide bonds. The molecule has 8 heteroatoms. The Labute approximate surface area is 211 Å². The monoisotopic (exact) mass is 493 g/mol. The summed E-state index contributed by atoms with van der Waals surface area (Å²) in [7, 11) is 6.37. The Kier molecular flexibility index (Phi) is 9.56. The molecule has 1 heterocycles. The molecule has 1 aromatic heterocycles. The minimum atomic E-state index is -0.275. The Morgan fingerprint density at radius 2 is 1.36 bits per heavy atom. The molecule has 0 aliphatic rings. The molecule has 0 unspecified atom stereocenters. The third-order valence-electron chi connectivity index (χ3n) is 5.41. The molecule has 0 radical (unpaired) electrons. The number of carbonyl (C=O) groups is 1. The molecular formula is C28H31NO7. The van der Waals surface area contributed by atoms with Gasteiger partial charge in [-0.3, -0.25) is 4.79 Å². The van der Waals surface area contributed by atoms with E-state index in [1.54, 1.807) is 35.4 Å². The van der Waals surface area contributed by atoms with Gasteiger partial charge in [0.2, 0.25) is 0 Å². The molecule has 3 rings (SSSR count). The molecule has 0 N–H and O–H groups in total. The summed E-state index contributed by atoms with van der Waals surface area (Å²) in [5, 5.41) is 4.24. The average molecular weight is 494 g/mol. The Morgan fingerprint density at radius 1 is 0.806 bits per heavy atom. The van der Waals surface area contributed by atoms with Crippen molar-refractivity contribution in [2.45, 2.75) is 19.8 Å². The minimum absolute atomic E-state index is 0.212. The van der Waals surface area contributed by atoms with Crippen LogP contribution in [0.4, 0.5) is 0 Å². The first kappa shape index (κ1) is 26.4. The standard InChI is InChI=1S/C28H31NO7/c1-6-35-28(30)16-11-21-22(12-7-19-9-14-24(31-2)26(17-19)33-4)29-36-23(21)13-8-20-10-15-25(32-3)27(18-20)34-5/h7-10,12-15,17-18H,6,11,16H2,1-5H3/b12-7+,13-8+. The summed E-state index contributed by atoms with van der Waals surface area (Å²) in [5.41, 5.74) is 3.22. The van der Waals surface area contributed by atoms with Crippen molar-refractivity contribution in [3.8, 4) is 23.0 Å². The Hall–Kier alpha value is -4.20. The molecule has 3 aromatic rings. The van der Waals surface area contributed by atoms with Crippen molar-refractivity contribution in [3.05, 3.63) is 64.5 Å². The van der Waals surface area contributed by atoms with Gasteiger partial charge in [-0.15, -0.1) is 0 Å². The van der Waals surface area contributed by atoms with Crippen molar-refractivity contribution in [2.24, 2.45) is 0 Å². The number of benzene rings is 2. The lowest BCUT2D eigenvalue weighted by Crippen LogP contribution is -2.05. The van der Waals surface area contributed by atoms with E-state index < -0.39 is 0 Å². The normalized spacial score (nSPS) is 11.1. The number of hydrogen-bond donors (Lipinski definition) is 0. The van der Waals surface area contributed by atoms with Crippen LogP contribution in [-0.2, 0) is 16.0 Å². The maximum atomic E-state index is 12.0. The van der Waals surface area contributed by atoms with Gasteiger partial charge in [-0.1, -0.05) is 29.4 Å². The van der Waals surface area contributed by atoms with Crippen molar-refractivity contribution in [1.82, 2.24) is 5.16 Å². The predicted molar refractivity (Wildman–Crippen MR) is 138 cm³/mol. The van der Waals surface area contributed by atoms with Gasteiger partial charge in [0, 0.05) is 12.0 Å². The Balaban J connectivity index is 1.90. The zero-order valence-electron chi connectivity index (χ0n) is 21.2. The molecule has 0 bridgehead atoms. The number of carbonyl (C=O) groups excluding carboxylic acids is 1. The quantitative estimate of drug-likeness (QED) is 0.304. The highest BCUT2D eigenvalue weighted by Gasteiger charge is 2.15. The van der Waals surface area contributed by atoms with Crippen LogP contribution in [0.25, 0.3) is 24.3 Å². The predicted octanol–water partition coefficient (Wildman–Crippen LogP) is 5.55. The van der Waals surface area contributed by atoms with Crippen LogP contribution in [0.3, 0.4) is 0 Å². The van der Waals surface area contributed by atoms with Gasteiger partial charge >= 0.3 is 5.97 Å². The molecule has 0 spiro atoms. The summed E-state index contributed by atoms with van der Waals surface area (Å²) >= 11 is 0. The van der Waals surface area contributed by atoms with Crippen LogP contribution in [-0.4, -0.2) is 46.2 Å². The van der Waals surface area contributed by atoms with Crippen LogP contribution in [0.5, 0.6) is 23.0 Å². The fourth-order valence-electron chi connectivity index (χ4n) is 3.57. The number of aromatic nitrogens is 1. The summed E-state index contributed by atoms with van der Waals surface area (Å²) < 4.78 is 32.1. The highest BCUT2D eigenvalue weighted by atomic mass is 16.5. The summed E-state index contributed by atoms with van der Waals surface area (Å²) in [6.45, 7) is 2.12. The number of ether oxygens (including phenoxy) is 5. The van der Waals surface area contributed by atoms with Gasteiger partial charge < -0.3 is 28.2 Å². The molecule has 0 saturated heterocycles. The lowest BCUT2D eigenvalue weighted by molar-refractivity contribution is -0.143. The molecule has 0 aliphatic heterocycles. The topological polar surface area (TPSA) is 89.3 Å². The number of methoxy groups -OCH3 is 4. The van der Waals surface area contributed by atoms with Crippen LogP contribution in [0.2, 0.25) is 0 Å². The molecule has 0 aliphatic carbocycles. The summed E-state index contributed by atoms with van der Waals surface area (Å²) in [4.78, 5) is 12.0. The van der Waals surface area contributed by atoms with Crippen molar-refractivity contribution in [2.75, 3.05) is 35.0 Å². The zero-order valence-corrected chi connectivity index (χ0v) is 21.2. The molecular weight excluding hydrogens is 462 g/mol. The lowest BCUT2D eigenvalue weighted by atomic mass is 10.0. The van der Waals surface area contributed by atoms with Gasteiger partial charge in [0.15, 0.2) is 28.8 Å². The van der Waals surface area contributed by atoms with Crippen molar-refractivity contribution >= 4 is 30.3 Å². The molecule has 190 valence electrons. The fraction of sp³-hybridized carbons (Fsp3) is 0.286. The van der Waals surface area contributed by atoms with E-state index in [-0.39, 0.29) is 12.4 Å². The Bertz CT molecular complexity index is 1140. The van der Waals surface area contributed by atoms with E-state index in [4.69, 9.17) is 28.2 Å².